The van der Waals surface area contributed by atoms with Gasteiger partial charge in [0.1, 0.15) is 0 Å². The Hall–Kier alpha value is -1.38. The van der Waals surface area contributed by atoms with E-state index in [9.17, 15) is 9.59 Å². The van der Waals surface area contributed by atoms with Crippen LogP contribution in [0.1, 0.15) is 25.7 Å². The first kappa shape index (κ1) is 16.6. The van der Waals surface area contributed by atoms with Crippen LogP contribution in [0.3, 0.4) is 0 Å². The van der Waals surface area contributed by atoms with Crippen molar-refractivity contribution in [2.45, 2.75) is 25.7 Å². The normalized spacial score (nSPS) is 14.6. The van der Waals surface area contributed by atoms with Crippen molar-refractivity contribution in [2.24, 2.45) is 0 Å². The molecule has 2 aliphatic rings. The van der Waals surface area contributed by atoms with Gasteiger partial charge in [0, 0.05) is 23.5 Å². The van der Waals surface area contributed by atoms with E-state index in [2.05, 4.69) is 24.3 Å². The molecule has 0 spiro atoms. The molecule has 2 rings (SSSR count). The Balaban J connectivity index is 0.000000405. The fourth-order valence-electron chi connectivity index (χ4n) is 1.43. The predicted octanol–water partition coefficient (Wildman–Crippen LogP) is 2.81. The van der Waals surface area contributed by atoms with Gasteiger partial charge in [-0.05, 0) is 18.4 Å². The third-order valence-electron chi connectivity index (χ3n) is 2.35. The summed E-state index contributed by atoms with van der Waals surface area (Å²) in [5.41, 5.74) is 0.719. The van der Waals surface area contributed by atoms with Crippen molar-refractivity contribution in [3.05, 3.63) is 48.1 Å². The fourth-order valence-corrected chi connectivity index (χ4v) is 1.43. The molecule has 0 aromatic rings. The molecular formula is C14H16FeO3. The zero-order chi connectivity index (χ0) is 12.5. The summed E-state index contributed by atoms with van der Waals surface area (Å²) in [6.45, 7) is 0. The van der Waals surface area contributed by atoms with Crippen LogP contribution in [0.4, 0.5) is 0 Å². The zero-order valence-electron chi connectivity index (χ0n) is 9.99. The molecule has 0 heterocycles. The molecule has 0 unspecified atom stereocenters. The quantitative estimate of drug-likeness (QED) is 0.809. The van der Waals surface area contributed by atoms with Crippen LogP contribution in [-0.4, -0.2) is 16.9 Å². The van der Waals surface area contributed by atoms with E-state index in [4.69, 9.17) is 5.11 Å². The number of rotatable bonds is 4. The van der Waals surface area contributed by atoms with Crippen molar-refractivity contribution in [3.63, 3.8) is 0 Å². The number of carboxylic acid groups (broad SMARTS) is 1. The molecule has 0 bridgehead atoms. The smallest absolute Gasteiger partial charge is 0.303 e. The van der Waals surface area contributed by atoms with E-state index < -0.39 is 5.97 Å². The second-order valence-corrected chi connectivity index (χ2v) is 3.73. The average molecular weight is 288 g/mol. The van der Waals surface area contributed by atoms with E-state index in [0.29, 0.717) is 6.42 Å². The third-order valence-corrected chi connectivity index (χ3v) is 2.35. The molecule has 0 atom stereocenters. The average Bonchev–Trinajstić information content (AvgIpc) is 2.99. The van der Waals surface area contributed by atoms with E-state index in [0.717, 1.165) is 12.0 Å². The third kappa shape index (κ3) is 7.04. The second kappa shape index (κ2) is 9.63. The van der Waals surface area contributed by atoms with Crippen LogP contribution in [0.2, 0.25) is 0 Å². The maximum Gasteiger partial charge on any atom is 0.303 e. The van der Waals surface area contributed by atoms with Crippen molar-refractivity contribution >= 4 is 11.8 Å². The molecule has 4 heteroatoms. The molecule has 0 amide bonds. The molecule has 2 aliphatic carbocycles. The Morgan fingerprint density at radius 2 is 1.72 bits per heavy atom. The number of hydrogen-bond donors (Lipinski definition) is 1. The van der Waals surface area contributed by atoms with Gasteiger partial charge in [0.15, 0.2) is 5.78 Å². The Bertz CT molecular complexity index is 393. The largest absolute Gasteiger partial charge is 0.481 e. The number of carbonyl (C=O) groups is 2. The van der Waals surface area contributed by atoms with Crippen molar-refractivity contribution in [1.82, 2.24) is 0 Å². The van der Waals surface area contributed by atoms with Gasteiger partial charge in [-0.15, -0.1) is 0 Å². The van der Waals surface area contributed by atoms with Gasteiger partial charge in [0.25, 0.3) is 0 Å². The molecule has 0 aromatic carbocycles. The number of carboxylic acids is 1. The van der Waals surface area contributed by atoms with Gasteiger partial charge in [-0.2, -0.15) is 0 Å². The van der Waals surface area contributed by atoms with Crippen LogP contribution in [0, 0.1) is 0 Å². The number of Topliss-reactive ketones (excluding diaryl/α,β-unsaturated/α-hetero) is 1. The second-order valence-electron chi connectivity index (χ2n) is 3.73. The first-order chi connectivity index (χ1) is 8.20. The molecule has 0 aromatic heterocycles. The maximum atomic E-state index is 11.2. The molecule has 0 saturated carbocycles. The fraction of sp³-hybridized carbons (Fsp3) is 0.286. The number of hydrogen-bond acceptors (Lipinski definition) is 2. The standard InChI is InChI=1S/C9H10O3.C5H6.Fe/c10-8(5-6-9(11)12)7-3-1-2-4-7;1-2-4-5-3-1;/h1-3H,4-6H2,(H,11,12);1-4H,5H2;. The Labute approximate surface area is 117 Å². The summed E-state index contributed by atoms with van der Waals surface area (Å²) in [5, 5.41) is 8.32. The zero-order valence-corrected chi connectivity index (χ0v) is 11.1. The minimum Gasteiger partial charge on any atom is -0.481 e. The van der Waals surface area contributed by atoms with E-state index >= 15 is 0 Å². The van der Waals surface area contributed by atoms with E-state index in [1.165, 1.54) is 0 Å². The number of allylic oxidation sites excluding steroid dienone is 8. The molecule has 1 N–H and O–H groups in total. The SMILES string of the molecule is C1=CCC=C1.O=C(O)CCC(=O)C1=CC=CC1.[Fe]. The topological polar surface area (TPSA) is 54.4 Å². The number of aliphatic carboxylic acids is 1. The van der Waals surface area contributed by atoms with Crippen molar-refractivity contribution in [1.29, 1.82) is 0 Å². The first-order valence-electron chi connectivity index (χ1n) is 5.62. The van der Waals surface area contributed by atoms with Gasteiger partial charge >= 0.3 is 5.97 Å². The van der Waals surface area contributed by atoms with Crippen LogP contribution in [0.5, 0.6) is 0 Å². The molecule has 3 nitrogen and oxygen atoms in total. The van der Waals surface area contributed by atoms with Crippen molar-refractivity contribution in [3.8, 4) is 0 Å². The molecule has 0 saturated heterocycles. The van der Waals surface area contributed by atoms with Crippen molar-refractivity contribution in [2.75, 3.05) is 0 Å². The van der Waals surface area contributed by atoms with Crippen LogP contribution in [0.15, 0.2) is 48.1 Å². The van der Waals surface area contributed by atoms with E-state index in [1.807, 2.05) is 12.2 Å². The summed E-state index contributed by atoms with van der Waals surface area (Å²) >= 11 is 0. The summed E-state index contributed by atoms with van der Waals surface area (Å²) in [5.74, 6) is -0.975. The molecule has 98 valence electrons. The van der Waals surface area contributed by atoms with Gasteiger partial charge in [0.05, 0.1) is 6.42 Å². The predicted molar refractivity (Wildman–Crippen MR) is 66.6 cm³/mol. The molecular weight excluding hydrogens is 272 g/mol. The summed E-state index contributed by atoms with van der Waals surface area (Å²) < 4.78 is 0. The molecule has 0 fully saturated rings. The Morgan fingerprint density at radius 3 is 2.11 bits per heavy atom. The van der Waals surface area contributed by atoms with Gasteiger partial charge in [-0.3, -0.25) is 9.59 Å². The monoisotopic (exact) mass is 288 g/mol. The van der Waals surface area contributed by atoms with Crippen LogP contribution < -0.4 is 0 Å². The summed E-state index contributed by atoms with van der Waals surface area (Å²) in [7, 11) is 0. The van der Waals surface area contributed by atoms with Gasteiger partial charge in [-0.25, -0.2) is 0 Å². The minimum atomic E-state index is -0.921. The minimum absolute atomic E-state index is 0. The van der Waals surface area contributed by atoms with Gasteiger partial charge in [0.2, 0.25) is 0 Å². The summed E-state index contributed by atoms with van der Waals surface area (Å²) in [6, 6.07) is 0. The Morgan fingerprint density at radius 1 is 1.06 bits per heavy atom. The number of ketones is 1. The summed E-state index contributed by atoms with van der Waals surface area (Å²) in [6.07, 6.45) is 15.6. The van der Waals surface area contributed by atoms with Crippen LogP contribution >= 0.6 is 0 Å². The van der Waals surface area contributed by atoms with E-state index in [-0.39, 0.29) is 35.7 Å². The Kier molecular flexibility index (Phi) is 8.89. The van der Waals surface area contributed by atoms with Crippen molar-refractivity contribution < 1.29 is 31.8 Å². The van der Waals surface area contributed by atoms with E-state index in [1.54, 1.807) is 6.08 Å². The molecule has 0 aliphatic heterocycles. The molecule has 18 heavy (non-hydrogen) atoms. The van der Waals surface area contributed by atoms with Gasteiger partial charge in [-0.1, -0.05) is 42.5 Å². The first-order valence-corrected chi connectivity index (χ1v) is 5.62. The summed E-state index contributed by atoms with van der Waals surface area (Å²) in [4.78, 5) is 21.3. The van der Waals surface area contributed by atoms with Gasteiger partial charge < -0.3 is 5.11 Å². The van der Waals surface area contributed by atoms with Crippen LogP contribution in [0.25, 0.3) is 0 Å². The number of carbonyl (C=O) groups excluding carboxylic acids is 1. The van der Waals surface area contributed by atoms with Crippen LogP contribution in [-0.2, 0) is 26.7 Å². The maximum absolute atomic E-state index is 11.2. The molecule has 0 radical (unpaired) electrons.